The van der Waals surface area contributed by atoms with Crippen LogP contribution in [-0.4, -0.2) is 29.9 Å². The van der Waals surface area contributed by atoms with E-state index in [0.717, 1.165) is 32.1 Å². The average molecular weight is 423 g/mol. The van der Waals surface area contributed by atoms with Crippen molar-refractivity contribution in [2.24, 2.45) is 0 Å². The summed E-state index contributed by atoms with van der Waals surface area (Å²) in [5.41, 5.74) is 0. The first-order valence-electron chi connectivity index (χ1n) is 8.43. The van der Waals surface area contributed by atoms with Crippen LogP contribution in [0.4, 0.5) is 48.3 Å². The molecule has 0 saturated carbocycles. The van der Waals surface area contributed by atoms with E-state index >= 15 is 0 Å². The summed E-state index contributed by atoms with van der Waals surface area (Å²) < 4.78 is 141. The average Bonchev–Trinajstić information content (AvgIpc) is 2.51. The molecule has 0 N–H and O–H groups in total. The molecule has 27 heavy (non-hydrogen) atoms. The summed E-state index contributed by atoms with van der Waals surface area (Å²) >= 11 is 0. The van der Waals surface area contributed by atoms with Gasteiger partial charge in [-0.2, -0.15) is 48.3 Å². The van der Waals surface area contributed by atoms with Gasteiger partial charge in [-0.25, -0.2) is 0 Å². The Bertz CT molecular complexity index is 427. The summed E-state index contributed by atoms with van der Waals surface area (Å²) in [5, 5.41) is 0. The van der Waals surface area contributed by atoms with Crippen LogP contribution >= 0.6 is 0 Å². The van der Waals surface area contributed by atoms with E-state index in [-0.39, 0.29) is 6.42 Å². The smallest absolute Gasteiger partial charge is 0.200 e. The monoisotopic (exact) mass is 423 g/mol. The molecule has 0 aliphatic rings. The summed E-state index contributed by atoms with van der Waals surface area (Å²) in [5.74, 6) is -27.2. The molecule has 1 radical (unpaired) electrons. The van der Waals surface area contributed by atoms with Crippen molar-refractivity contribution in [1.29, 1.82) is 0 Å². The van der Waals surface area contributed by atoms with Crippen LogP contribution in [-0.2, 0) is 0 Å². The van der Waals surface area contributed by atoms with Gasteiger partial charge in [0.25, 0.3) is 0 Å². The van der Waals surface area contributed by atoms with Crippen molar-refractivity contribution in [2.75, 3.05) is 0 Å². The second-order valence-electron chi connectivity index (χ2n) is 6.36. The molecule has 0 saturated heterocycles. The van der Waals surface area contributed by atoms with Gasteiger partial charge in [-0.05, 0) is 6.42 Å². The van der Waals surface area contributed by atoms with E-state index in [2.05, 4.69) is 6.92 Å². The third-order valence-electron chi connectivity index (χ3n) is 4.09. The Morgan fingerprint density at radius 1 is 0.444 bits per heavy atom. The highest BCUT2D eigenvalue weighted by Crippen LogP contribution is 2.58. The van der Waals surface area contributed by atoms with Gasteiger partial charge in [0.05, 0.1) is 0 Å². The van der Waals surface area contributed by atoms with Crippen LogP contribution in [0.5, 0.6) is 0 Å². The molecule has 11 heteroatoms. The second kappa shape index (κ2) is 9.62. The molecule has 0 heterocycles. The van der Waals surface area contributed by atoms with Crippen molar-refractivity contribution >= 4 is 0 Å². The number of unbranched alkanes of at least 4 members (excludes halogenated alkanes) is 8. The topological polar surface area (TPSA) is 0 Å². The lowest BCUT2D eigenvalue weighted by Crippen LogP contribution is -2.66. The highest BCUT2D eigenvalue weighted by Gasteiger charge is 2.86. The predicted molar refractivity (Wildman–Crippen MR) is 77.4 cm³/mol. The summed E-state index contributed by atoms with van der Waals surface area (Å²) in [6, 6.07) is 0. The Morgan fingerprint density at radius 3 is 1.19 bits per heavy atom. The summed E-state index contributed by atoms with van der Waals surface area (Å²) in [7, 11) is 0. The highest BCUT2D eigenvalue weighted by molar-refractivity contribution is 5.06. The Morgan fingerprint density at radius 2 is 0.815 bits per heavy atom. The molecule has 0 fully saturated rings. The third-order valence-corrected chi connectivity index (χ3v) is 4.09. The molecule has 0 aliphatic heterocycles. The van der Waals surface area contributed by atoms with Crippen molar-refractivity contribution in [1.82, 2.24) is 0 Å². The number of rotatable bonds is 13. The SMILES string of the molecule is [CH2]CCCCCCCCCCC(F)(F)C(F)(F)C(F)(F)C(F)(F)C(F)(F)F. The maximum atomic E-state index is 13.4. The maximum Gasteiger partial charge on any atom is 0.460 e. The number of hydrogen-bond donors (Lipinski definition) is 0. The fraction of sp³-hybridized carbons (Fsp3) is 0.938. The van der Waals surface area contributed by atoms with Crippen LogP contribution in [0.3, 0.4) is 0 Å². The molecule has 0 unspecified atom stereocenters. The zero-order valence-corrected chi connectivity index (χ0v) is 14.4. The zero-order valence-electron chi connectivity index (χ0n) is 14.4. The molecule has 0 atom stereocenters. The van der Waals surface area contributed by atoms with Crippen LogP contribution in [0, 0.1) is 6.92 Å². The van der Waals surface area contributed by atoms with Gasteiger partial charge < -0.3 is 0 Å². The van der Waals surface area contributed by atoms with Crippen molar-refractivity contribution in [3.63, 3.8) is 0 Å². The number of halogens is 11. The fourth-order valence-electron chi connectivity index (χ4n) is 2.35. The van der Waals surface area contributed by atoms with Gasteiger partial charge >= 0.3 is 29.9 Å². The van der Waals surface area contributed by atoms with Crippen LogP contribution in [0.2, 0.25) is 0 Å². The van der Waals surface area contributed by atoms with Crippen molar-refractivity contribution in [3.05, 3.63) is 6.92 Å². The van der Waals surface area contributed by atoms with E-state index in [1.165, 1.54) is 0 Å². The van der Waals surface area contributed by atoms with Gasteiger partial charge in [-0.15, -0.1) is 0 Å². The lowest BCUT2D eigenvalue weighted by atomic mass is 9.94. The number of hydrogen-bond acceptors (Lipinski definition) is 0. The van der Waals surface area contributed by atoms with Gasteiger partial charge in [0.1, 0.15) is 0 Å². The minimum Gasteiger partial charge on any atom is -0.200 e. The lowest BCUT2D eigenvalue weighted by Gasteiger charge is -2.37. The molecule has 0 rings (SSSR count). The molecule has 0 aromatic rings. The van der Waals surface area contributed by atoms with E-state index in [4.69, 9.17) is 0 Å². The molecule has 0 aromatic heterocycles. The quantitative estimate of drug-likeness (QED) is 0.209. The summed E-state index contributed by atoms with van der Waals surface area (Å²) in [6.45, 7) is 3.64. The summed E-state index contributed by atoms with van der Waals surface area (Å²) in [6.07, 6.45) is -4.74. The molecule has 163 valence electrons. The van der Waals surface area contributed by atoms with Crippen molar-refractivity contribution < 1.29 is 48.3 Å². The molecule has 0 amide bonds. The Balaban J connectivity index is 4.71. The molecule has 0 aromatic carbocycles. The molecular weight excluding hydrogens is 401 g/mol. The molecule has 0 spiro atoms. The normalized spacial score (nSPS) is 14.7. The summed E-state index contributed by atoms with van der Waals surface area (Å²) in [4.78, 5) is 0. The van der Waals surface area contributed by atoms with Crippen molar-refractivity contribution in [3.8, 4) is 0 Å². The predicted octanol–water partition coefficient (Wildman–Crippen LogP) is 7.82. The standard InChI is InChI=1S/C16H22F11/c1-2-3-4-5-6-7-8-9-10-11-12(17,18)13(19,20)14(21,22)15(23,24)16(25,26)27/h1-11H2. The van der Waals surface area contributed by atoms with E-state index in [9.17, 15) is 48.3 Å². The minimum absolute atomic E-state index is 0.0672. The Kier molecular flexibility index (Phi) is 9.35. The van der Waals surface area contributed by atoms with Gasteiger partial charge in [-0.3, -0.25) is 0 Å². The van der Waals surface area contributed by atoms with Gasteiger partial charge in [0.2, 0.25) is 0 Å². The lowest BCUT2D eigenvalue weighted by molar-refractivity contribution is -0.422. The molecule has 0 aliphatic carbocycles. The van der Waals surface area contributed by atoms with Crippen molar-refractivity contribution in [2.45, 2.75) is 94.1 Å². The first-order chi connectivity index (χ1) is 12.1. The molecular formula is C16H22F11. The Hall–Kier alpha value is -0.770. The van der Waals surface area contributed by atoms with Gasteiger partial charge in [0, 0.05) is 6.42 Å². The van der Waals surface area contributed by atoms with E-state index in [1.807, 2.05) is 0 Å². The third kappa shape index (κ3) is 6.10. The first kappa shape index (κ1) is 26.2. The first-order valence-corrected chi connectivity index (χ1v) is 8.43. The van der Waals surface area contributed by atoms with Gasteiger partial charge in [-0.1, -0.05) is 58.3 Å². The number of alkyl halides is 11. The van der Waals surface area contributed by atoms with E-state index in [1.54, 1.807) is 0 Å². The minimum atomic E-state index is -7.30. The van der Waals surface area contributed by atoms with Crippen LogP contribution in [0.15, 0.2) is 0 Å². The van der Waals surface area contributed by atoms with Crippen LogP contribution < -0.4 is 0 Å². The van der Waals surface area contributed by atoms with E-state index in [0.29, 0.717) is 12.8 Å². The highest BCUT2D eigenvalue weighted by atomic mass is 19.4. The van der Waals surface area contributed by atoms with Gasteiger partial charge in [0.15, 0.2) is 0 Å². The Labute approximate surface area is 150 Å². The second-order valence-corrected chi connectivity index (χ2v) is 6.36. The fourth-order valence-corrected chi connectivity index (χ4v) is 2.35. The molecule has 0 bridgehead atoms. The molecule has 0 nitrogen and oxygen atoms in total. The zero-order chi connectivity index (χ0) is 21.6. The van der Waals surface area contributed by atoms with Crippen LogP contribution in [0.1, 0.15) is 64.2 Å². The maximum absolute atomic E-state index is 13.4. The van der Waals surface area contributed by atoms with Crippen LogP contribution in [0.25, 0.3) is 0 Å². The largest absolute Gasteiger partial charge is 0.460 e. The van der Waals surface area contributed by atoms with E-state index < -0.39 is 42.7 Å².